The number of benzene rings is 1. The van der Waals surface area contributed by atoms with Crippen molar-refractivity contribution >= 4 is 29.3 Å². The molecule has 0 aromatic heterocycles. The van der Waals surface area contributed by atoms with Crippen LogP contribution in [0.3, 0.4) is 0 Å². The molecule has 0 spiro atoms. The van der Waals surface area contributed by atoms with Crippen LogP contribution in [-0.2, 0) is 4.79 Å². The number of fused-ring (bicyclic) bond motifs is 1. The number of nitrogens with one attached hydrogen (secondary N) is 2. The summed E-state index contributed by atoms with van der Waals surface area (Å²) in [6.45, 7) is 1.85. The lowest BCUT2D eigenvalue weighted by atomic mass is 9.82. The highest BCUT2D eigenvalue weighted by atomic mass is 32.2. The van der Waals surface area contributed by atoms with Gasteiger partial charge in [0.25, 0.3) is 5.91 Å². The highest BCUT2D eigenvalue weighted by Gasteiger charge is 2.34. The average molecular weight is 329 g/mol. The van der Waals surface area contributed by atoms with Crippen molar-refractivity contribution in [2.24, 2.45) is 0 Å². The van der Waals surface area contributed by atoms with E-state index in [4.69, 9.17) is 0 Å². The minimum absolute atomic E-state index is 0.0548. The van der Waals surface area contributed by atoms with Crippen LogP contribution >= 0.6 is 11.8 Å². The Bertz CT molecular complexity index is 690. The first-order valence-electron chi connectivity index (χ1n) is 7.88. The Morgan fingerprint density at radius 1 is 1.39 bits per heavy atom. The van der Waals surface area contributed by atoms with Crippen molar-refractivity contribution in [3.8, 4) is 6.07 Å². The molecule has 1 atom stereocenters. The minimum atomic E-state index is -0.752. The predicted octanol–water partition coefficient (Wildman–Crippen LogP) is 3.08. The molecule has 2 amide bonds. The lowest BCUT2D eigenvalue weighted by Gasteiger charge is -2.31. The molecule has 0 radical (unpaired) electrons. The van der Waals surface area contributed by atoms with Gasteiger partial charge in [-0.1, -0.05) is 19.3 Å². The molecule has 5 nitrogen and oxygen atoms in total. The second-order valence-corrected chi connectivity index (χ2v) is 7.55. The zero-order valence-electron chi connectivity index (χ0n) is 13.0. The fourth-order valence-electron chi connectivity index (χ4n) is 3.06. The predicted molar refractivity (Wildman–Crippen MR) is 89.3 cm³/mol. The molecule has 1 aliphatic carbocycles. The van der Waals surface area contributed by atoms with Gasteiger partial charge in [0, 0.05) is 10.5 Å². The van der Waals surface area contributed by atoms with Crippen LogP contribution in [0.1, 0.15) is 49.4 Å². The van der Waals surface area contributed by atoms with Crippen LogP contribution in [0.2, 0.25) is 0 Å². The summed E-state index contributed by atoms with van der Waals surface area (Å²) < 4.78 is 0. The molecule has 120 valence electrons. The van der Waals surface area contributed by atoms with Crippen LogP contribution in [0, 0.1) is 11.3 Å². The van der Waals surface area contributed by atoms with Gasteiger partial charge >= 0.3 is 0 Å². The molecule has 0 unspecified atom stereocenters. The van der Waals surface area contributed by atoms with Crippen molar-refractivity contribution in [3.05, 3.63) is 23.8 Å². The summed E-state index contributed by atoms with van der Waals surface area (Å²) in [7, 11) is 0. The molecule has 1 aromatic rings. The van der Waals surface area contributed by atoms with Gasteiger partial charge in [-0.15, -0.1) is 11.8 Å². The summed E-state index contributed by atoms with van der Waals surface area (Å²) in [4.78, 5) is 25.3. The molecule has 1 fully saturated rings. The van der Waals surface area contributed by atoms with E-state index in [1.807, 2.05) is 13.0 Å². The highest BCUT2D eigenvalue weighted by molar-refractivity contribution is 8.00. The van der Waals surface area contributed by atoms with Crippen molar-refractivity contribution in [1.29, 1.82) is 5.26 Å². The fourth-order valence-corrected chi connectivity index (χ4v) is 3.99. The van der Waals surface area contributed by atoms with Crippen LogP contribution in [0.4, 0.5) is 5.69 Å². The van der Waals surface area contributed by atoms with Gasteiger partial charge in [-0.25, -0.2) is 0 Å². The molecule has 0 bridgehead atoms. The summed E-state index contributed by atoms with van der Waals surface area (Å²) in [6, 6.07) is 7.58. The number of thioether (sulfide) groups is 1. The molecule has 3 rings (SSSR count). The fraction of sp³-hybridized carbons (Fsp3) is 0.471. The maximum atomic E-state index is 12.5. The van der Waals surface area contributed by atoms with E-state index in [0.29, 0.717) is 24.1 Å². The topological polar surface area (TPSA) is 82.0 Å². The maximum absolute atomic E-state index is 12.5. The number of hydrogen-bond donors (Lipinski definition) is 2. The van der Waals surface area contributed by atoms with Gasteiger partial charge in [-0.05, 0) is 38.0 Å². The Balaban J connectivity index is 1.79. The van der Waals surface area contributed by atoms with E-state index in [-0.39, 0.29) is 17.1 Å². The number of hydrogen-bond acceptors (Lipinski definition) is 4. The molecule has 6 heteroatoms. The smallest absolute Gasteiger partial charge is 0.252 e. The van der Waals surface area contributed by atoms with E-state index in [1.54, 1.807) is 12.1 Å². The second-order valence-electron chi connectivity index (χ2n) is 6.17. The number of anilines is 1. The van der Waals surface area contributed by atoms with Gasteiger partial charge in [-0.3, -0.25) is 9.59 Å². The molecular formula is C17H19N3O2S. The number of carbonyl (C=O) groups is 2. The number of carbonyl (C=O) groups excluding carboxylic acids is 2. The number of amides is 2. The van der Waals surface area contributed by atoms with Gasteiger partial charge in [0.05, 0.1) is 17.0 Å². The largest absolute Gasteiger partial charge is 0.334 e. The molecule has 0 saturated heterocycles. The van der Waals surface area contributed by atoms with E-state index in [9.17, 15) is 14.9 Å². The summed E-state index contributed by atoms with van der Waals surface area (Å²) in [6.07, 6.45) is 4.43. The van der Waals surface area contributed by atoms with E-state index < -0.39 is 5.54 Å². The quantitative estimate of drug-likeness (QED) is 0.873. The van der Waals surface area contributed by atoms with Crippen molar-refractivity contribution in [1.82, 2.24) is 5.32 Å². The molecule has 2 N–H and O–H groups in total. The van der Waals surface area contributed by atoms with Crippen LogP contribution in [0.15, 0.2) is 23.1 Å². The summed E-state index contributed by atoms with van der Waals surface area (Å²) in [5.41, 5.74) is 0.386. The Morgan fingerprint density at radius 2 is 2.13 bits per heavy atom. The number of nitriles is 1. The molecule has 1 heterocycles. The third kappa shape index (κ3) is 3.20. The van der Waals surface area contributed by atoms with Gasteiger partial charge in [-0.2, -0.15) is 5.26 Å². The SMILES string of the molecule is C[C@@H]1Sc2ccc(C(=O)NC3(C#N)CCCCC3)cc2NC1=O. The summed E-state index contributed by atoms with van der Waals surface area (Å²) >= 11 is 1.48. The monoisotopic (exact) mass is 329 g/mol. The lowest BCUT2D eigenvalue weighted by Crippen LogP contribution is -2.48. The Morgan fingerprint density at radius 3 is 2.83 bits per heavy atom. The van der Waals surface area contributed by atoms with Crippen LogP contribution in [-0.4, -0.2) is 22.6 Å². The standard InChI is InChI=1S/C17H19N3O2S/c1-11-15(21)19-13-9-12(5-6-14(13)23-11)16(22)20-17(10-18)7-3-2-4-8-17/h5-6,9,11H,2-4,7-8H2,1H3,(H,19,21)(H,20,22)/t11-/m0/s1. The lowest BCUT2D eigenvalue weighted by molar-refractivity contribution is -0.115. The molecule has 2 aliphatic rings. The van der Waals surface area contributed by atoms with E-state index in [2.05, 4.69) is 16.7 Å². The molecule has 1 saturated carbocycles. The Hall–Kier alpha value is -2.00. The first kappa shape index (κ1) is 15.9. The Kier molecular flexibility index (Phi) is 4.31. The highest BCUT2D eigenvalue weighted by Crippen LogP contribution is 2.36. The molecule has 1 aliphatic heterocycles. The van der Waals surface area contributed by atoms with Crippen molar-refractivity contribution in [3.63, 3.8) is 0 Å². The molecule has 23 heavy (non-hydrogen) atoms. The first-order chi connectivity index (χ1) is 11.0. The van der Waals surface area contributed by atoms with E-state index >= 15 is 0 Å². The third-order valence-electron chi connectivity index (χ3n) is 4.45. The van der Waals surface area contributed by atoms with Gasteiger partial charge in [0.1, 0.15) is 5.54 Å². The van der Waals surface area contributed by atoms with Crippen molar-refractivity contribution < 1.29 is 9.59 Å². The second kappa shape index (κ2) is 6.25. The van der Waals surface area contributed by atoms with Gasteiger partial charge in [0.15, 0.2) is 0 Å². The molecular weight excluding hydrogens is 310 g/mol. The Labute approximate surface area is 139 Å². The van der Waals surface area contributed by atoms with Gasteiger partial charge < -0.3 is 10.6 Å². The van der Waals surface area contributed by atoms with E-state index in [0.717, 1.165) is 24.2 Å². The first-order valence-corrected chi connectivity index (χ1v) is 8.76. The third-order valence-corrected chi connectivity index (χ3v) is 5.62. The van der Waals surface area contributed by atoms with Crippen molar-refractivity contribution in [2.45, 2.75) is 54.7 Å². The zero-order valence-corrected chi connectivity index (χ0v) is 13.8. The number of rotatable bonds is 2. The van der Waals surface area contributed by atoms with E-state index in [1.165, 1.54) is 11.8 Å². The molecule has 1 aromatic carbocycles. The van der Waals surface area contributed by atoms with Crippen LogP contribution < -0.4 is 10.6 Å². The zero-order chi connectivity index (χ0) is 16.4. The number of nitrogens with zero attached hydrogens (tertiary/aromatic N) is 1. The van der Waals surface area contributed by atoms with Gasteiger partial charge in [0.2, 0.25) is 5.91 Å². The minimum Gasteiger partial charge on any atom is -0.334 e. The summed E-state index contributed by atoms with van der Waals surface area (Å²) in [5.74, 6) is -0.310. The van der Waals surface area contributed by atoms with Crippen LogP contribution in [0.25, 0.3) is 0 Å². The summed E-state index contributed by atoms with van der Waals surface area (Å²) in [5, 5.41) is 15.1. The average Bonchev–Trinajstić information content (AvgIpc) is 2.56. The van der Waals surface area contributed by atoms with Crippen molar-refractivity contribution in [2.75, 3.05) is 5.32 Å². The normalized spacial score (nSPS) is 22.4. The van der Waals surface area contributed by atoms with Crippen LogP contribution in [0.5, 0.6) is 0 Å². The maximum Gasteiger partial charge on any atom is 0.252 e.